The van der Waals surface area contributed by atoms with E-state index in [4.69, 9.17) is 4.74 Å². The lowest BCUT2D eigenvalue weighted by molar-refractivity contribution is -0.138. The van der Waals surface area contributed by atoms with E-state index in [1.165, 1.54) is 12.1 Å². The Morgan fingerprint density at radius 3 is 2.36 bits per heavy atom. The van der Waals surface area contributed by atoms with E-state index in [2.05, 4.69) is 36.8 Å². The molecule has 8 nitrogen and oxygen atoms in total. The van der Waals surface area contributed by atoms with Gasteiger partial charge in [0.2, 0.25) is 5.91 Å². The first-order valence-corrected chi connectivity index (χ1v) is 13.1. The lowest BCUT2D eigenvalue weighted by atomic mass is 10.1. The van der Waals surface area contributed by atoms with Gasteiger partial charge in [0.25, 0.3) is 5.91 Å². The number of thioether (sulfide) groups is 1. The van der Waals surface area contributed by atoms with Gasteiger partial charge >= 0.3 is 6.18 Å². The van der Waals surface area contributed by atoms with Crippen LogP contribution in [0.25, 0.3) is 5.69 Å². The van der Waals surface area contributed by atoms with Crippen LogP contribution in [0.4, 0.5) is 18.9 Å². The molecule has 3 aromatic carbocycles. The quantitative estimate of drug-likeness (QED) is 0.233. The molecule has 0 atom stereocenters. The number of aromatic nitrogens is 3. The molecule has 4 rings (SSSR count). The molecule has 0 radical (unpaired) electrons. The molecule has 4 aromatic rings. The van der Waals surface area contributed by atoms with Crippen molar-refractivity contribution < 1.29 is 27.5 Å². The Morgan fingerprint density at radius 2 is 1.69 bits per heavy atom. The number of rotatable bonds is 9. The minimum Gasteiger partial charge on any atom is -0.497 e. The second-order valence-electron chi connectivity index (χ2n) is 8.00. The number of halogens is 4. The molecule has 0 bridgehead atoms. The summed E-state index contributed by atoms with van der Waals surface area (Å²) in [7, 11) is 1.55. The van der Waals surface area contributed by atoms with E-state index in [9.17, 15) is 22.8 Å². The molecule has 0 aliphatic carbocycles. The number of hydrogen-bond acceptors (Lipinski definition) is 6. The number of nitrogens with zero attached hydrogens (tertiary/aromatic N) is 3. The summed E-state index contributed by atoms with van der Waals surface area (Å²) in [4.78, 5) is 25.2. The van der Waals surface area contributed by atoms with E-state index in [1.807, 2.05) is 0 Å². The molecule has 0 saturated heterocycles. The van der Waals surface area contributed by atoms with Crippen LogP contribution in [0.2, 0.25) is 0 Å². The topological polar surface area (TPSA) is 98.1 Å². The van der Waals surface area contributed by atoms with Crippen LogP contribution in [0.15, 0.2) is 82.4 Å². The smallest absolute Gasteiger partial charge is 0.417 e. The second kappa shape index (κ2) is 12.3. The molecular weight excluding hydrogens is 599 g/mol. The predicted molar refractivity (Wildman–Crippen MR) is 144 cm³/mol. The van der Waals surface area contributed by atoms with Gasteiger partial charge in [-0.2, -0.15) is 13.2 Å². The summed E-state index contributed by atoms with van der Waals surface area (Å²) in [6.07, 6.45) is -4.68. The van der Waals surface area contributed by atoms with Gasteiger partial charge < -0.3 is 15.4 Å². The largest absolute Gasteiger partial charge is 0.497 e. The van der Waals surface area contributed by atoms with E-state index < -0.39 is 23.2 Å². The summed E-state index contributed by atoms with van der Waals surface area (Å²) in [5.74, 6) is -0.248. The zero-order chi connectivity index (χ0) is 28.0. The maximum absolute atomic E-state index is 13.4. The van der Waals surface area contributed by atoms with E-state index in [0.29, 0.717) is 22.3 Å². The van der Waals surface area contributed by atoms with Crippen LogP contribution in [-0.4, -0.2) is 39.4 Å². The summed E-state index contributed by atoms with van der Waals surface area (Å²) in [6, 6.07) is 18.6. The molecule has 0 spiro atoms. The fourth-order valence-electron chi connectivity index (χ4n) is 3.54. The molecule has 0 aliphatic heterocycles. The van der Waals surface area contributed by atoms with Crippen molar-refractivity contribution in [2.24, 2.45) is 0 Å². The van der Waals surface area contributed by atoms with Crippen LogP contribution < -0.4 is 15.4 Å². The molecule has 0 aliphatic rings. The van der Waals surface area contributed by atoms with Gasteiger partial charge in [0.15, 0.2) is 11.0 Å². The highest BCUT2D eigenvalue weighted by Gasteiger charge is 2.34. The lowest BCUT2D eigenvalue weighted by Crippen LogP contribution is -2.27. The third-order valence-electron chi connectivity index (χ3n) is 5.38. The Balaban J connectivity index is 1.51. The van der Waals surface area contributed by atoms with E-state index in [1.54, 1.807) is 60.2 Å². The third-order valence-corrected chi connectivity index (χ3v) is 6.83. The minimum atomic E-state index is -4.68. The molecule has 2 N–H and O–H groups in total. The zero-order valence-corrected chi connectivity index (χ0v) is 22.7. The van der Waals surface area contributed by atoms with Crippen LogP contribution >= 0.6 is 27.7 Å². The predicted octanol–water partition coefficient (Wildman–Crippen LogP) is 5.72. The van der Waals surface area contributed by atoms with Crippen molar-refractivity contribution in [2.75, 3.05) is 18.2 Å². The maximum atomic E-state index is 13.4. The normalized spacial score (nSPS) is 11.2. The average Bonchev–Trinajstić information content (AvgIpc) is 3.33. The highest BCUT2D eigenvalue weighted by Crippen LogP contribution is 2.32. The van der Waals surface area contributed by atoms with Crippen molar-refractivity contribution >= 4 is 45.2 Å². The van der Waals surface area contributed by atoms with Crippen LogP contribution in [0.3, 0.4) is 0 Å². The number of ether oxygens (including phenoxy) is 1. The Bertz CT molecular complexity index is 1460. The van der Waals surface area contributed by atoms with E-state index >= 15 is 0 Å². The monoisotopic (exact) mass is 619 g/mol. The van der Waals surface area contributed by atoms with Gasteiger partial charge in [-0.15, -0.1) is 10.2 Å². The van der Waals surface area contributed by atoms with Crippen molar-refractivity contribution in [1.29, 1.82) is 0 Å². The Labute approximate surface area is 234 Å². The molecule has 1 heterocycles. The van der Waals surface area contributed by atoms with Crippen LogP contribution in [-0.2, 0) is 17.5 Å². The van der Waals surface area contributed by atoms with Crippen molar-refractivity contribution in [3.63, 3.8) is 0 Å². The van der Waals surface area contributed by atoms with Crippen molar-refractivity contribution in [3.8, 4) is 11.4 Å². The van der Waals surface area contributed by atoms with Gasteiger partial charge in [-0.1, -0.05) is 39.8 Å². The van der Waals surface area contributed by atoms with Crippen molar-refractivity contribution in [1.82, 2.24) is 20.1 Å². The zero-order valence-electron chi connectivity index (χ0n) is 20.3. The Kier molecular flexibility index (Phi) is 8.92. The van der Waals surface area contributed by atoms with Crippen LogP contribution in [0.5, 0.6) is 5.75 Å². The van der Waals surface area contributed by atoms with Gasteiger partial charge in [-0.3, -0.25) is 14.2 Å². The van der Waals surface area contributed by atoms with Gasteiger partial charge in [-0.05, 0) is 60.7 Å². The first kappa shape index (κ1) is 28.2. The number of amides is 2. The molecule has 39 heavy (non-hydrogen) atoms. The number of anilines is 1. The summed E-state index contributed by atoms with van der Waals surface area (Å²) < 4.78 is 47.7. The highest BCUT2D eigenvalue weighted by atomic mass is 79.9. The molecule has 2 amide bonds. The van der Waals surface area contributed by atoms with Gasteiger partial charge in [0.05, 0.1) is 30.5 Å². The number of alkyl halides is 3. The number of carbonyl (C=O) groups excluding carboxylic acids is 2. The summed E-state index contributed by atoms with van der Waals surface area (Å²) in [5, 5.41) is 13.9. The van der Waals surface area contributed by atoms with Crippen LogP contribution in [0.1, 0.15) is 21.7 Å². The number of hydrogen-bond donors (Lipinski definition) is 2. The second-order valence-corrected chi connectivity index (χ2v) is 9.86. The minimum absolute atomic E-state index is 0.00596. The number of nitrogens with one attached hydrogen (secondary N) is 2. The van der Waals surface area contributed by atoms with Gasteiger partial charge in [-0.25, -0.2) is 0 Å². The number of carbonyl (C=O) groups is 2. The first-order valence-electron chi connectivity index (χ1n) is 11.4. The molecule has 13 heteroatoms. The molecule has 0 fully saturated rings. The van der Waals surface area contributed by atoms with Crippen molar-refractivity contribution in [3.05, 3.63) is 94.2 Å². The van der Waals surface area contributed by atoms with Gasteiger partial charge in [0.1, 0.15) is 5.75 Å². The Morgan fingerprint density at radius 1 is 1.00 bits per heavy atom. The summed E-state index contributed by atoms with van der Waals surface area (Å²) in [6.45, 7) is -0.202. The molecule has 1 aromatic heterocycles. The first-order chi connectivity index (χ1) is 18.7. The molecule has 0 saturated carbocycles. The van der Waals surface area contributed by atoms with Gasteiger partial charge in [0, 0.05) is 15.8 Å². The number of benzene rings is 3. The van der Waals surface area contributed by atoms with Crippen LogP contribution in [0, 0.1) is 0 Å². The molecule has 0 unspecified atom stereocenters. The Hall–Kier alpha value is -3.84. The highest BCUT2D eigenvalue weighted by molar-refractivity contribution is 9.10. The lowest BCUT2D eigenvalue weighted by Gasteiger charge is -2.14. The molecule has 202 valence electrons. The fourth-order valence-corrected chi connectivity index (χ4v) is 4.58. The van der Waals surface area contributed by atoms with E-state index in [-0.39, 0.29) is 24.0 Å². The fraction of sp³-hybridized carbons (Fsp3) is 0.154. The SMILES string of the molecule is COc1ccc(NC(=O)CSc2nnc(CNC(=O)c3ccccc3C(F)(F)F)n2-c2ccc(Br)cc2)cc1. The standard InChI is InChI=1S/C26H21BrF3N5O3S/c1-38-19-12-8-17(9-13-19)32-23(36)15-39-25-34-33-22(35(25)18-10-6-16(27)7-11-18)14-31-24(37)20-4-2-3-5-21(20)26(28,29)30/h2-13H,14-15H2,1H3,(H,31,37)(H,32,36). The molecular formula is C26H21BrF3N5O3S. The van der Waals surface area contributed by atoms with E-state index in [0.717, 1.165) is 28.4 Å². The maximum Gasteiger partial charge on any atom is 0.417 e. The summed E-state index contributed by atoms with van der Waals surface area (Å²) in [5.41, 5.74) is -0.292. The van der Waals surface area contributed by atoms with Crippen molar-refractivity contribution in [2.45, 2.75) is 17.9 Å². The number of methoxy groups -OCH3 is 1. The average molecular weight is 620 g/mol. The third kappa shape index (κ3) is 7.18. The summed E-state index contributed by atoms with van der Waals surface area (Å²) >= 11 is 4.50.